The van der Waals surface area contributed by atoms with Crippen LogP contribution >= 0.6 is 0 Å². The number of hydrogen-bond donors (Lipinski definition) is 3. The van der Waals surface area contributed by atoms with E-state index in [1.807, 2.05) is 13.0 Å². The van der Waals surface area contributed by atoms with Gasteiger partial charge in [-0.2, -0.15) is 5.10 Å². The zero-order valence-electron chi connectivity index (χ0n) is 14.3. The number of amides is 2. The molecule has 0 fully saturated rings. The summed E-state index contributed by atoms with van der Waals surface area (Å²) in [5.41, 5.74) is 4.29. The second-order valence-corrected chi connectivity index (χ2v) is 5.65. The predicted molar refractivity (Wildman–Crippen MR) is 95.6 cm³/mol. The van der Waals surface area contributed by atoms with Crippen LogP contribution in [0.1, 0.15) is 35.0 Å². The Morgan fingerprint density at radius 3 is 2.60 bits per heavy atom. The monoisotopic (exact) mass is 340 g/mol. The fourth-order valence-corrected chi connectivity index (χ4v) is 2.12. The zero-order chi connectivity index (χ0) is 18.4. The Bertz CT molecular complexity index is 831. The number of para-hydroxylation sites is 1. The second kappa shape index (κ2) is 8.05. The van der Waals surface area contributed by atoms with E-state index in [0.29, 0.717) is 17.1 Å². The van der Waals surface area contributed by atoms with Gasteiger partial charge in [-0.05, 0) is 44.5 Å². The highest BCUT2D eigenvalue weighted by atomic mass is 16.3. The van der Waals surface area contributed by atoms with E-state index in [1.165, 1.54) is 6.07 Å². The predicted octanol–water partition coefficient (Wildman–Crippen LogP) is 2.54. The molecule has 7 heteroatoms. The Kier molecular flexibility index (Phi) is 5.84. The lowest BCUT2D eigenvalue weighted by molar-refractivity contribution is -0.115. The summed E-state index contributed by atoms with van der Waals surface area (Å²) in [7, 11) is 0. The third kappa shape index (κ3) is 5.13. The van der Waals surface area contributed by atoms with Gasteiger partial charge in [0.2, 0.25) is 5.91 Å². The first-order valence-electron chi connectivity index (χ1n) is 7.72. The summed E-state index contributed by atoms with van der Waals surface area (Å²) in [5.74, 6) is -0.448. The number of carbonyl (C=O) groups excluding carboxylic acids is 2. The molecule has 0 unspecified atom stereocenters. The molecule has 0 aliphatic carbocycles. The first-order valence-corrected chi connectivity index (χ1v) is 7.72. The third-order valence-electron chi connectivity index (χ3n) is 3.40. The van der Waals surface area contributed by atoms with Crippen LogP contribution < -0.4 is 10.7 Å². The topological polar surface area (TPSA) is 104 Å². The minimum atomic E-state index is -0.540. The number of phenols is 1. The number of carbonyl (C=O) groups is 2. The number of anilines is 1. The lowest BCUT2D eigenvalue weighted by atomic mass is 10.1. The average molecular weight is 340 g/mol. The van der Waals surface area contributed by atoms with Crippen LogP contribution in [0.3, 0.4) is 0 Å². The van der Waals surface area contributed by atoms with Crippen LogP contribution in [0.2, 0.25) is 0 Å². The van der Waals surface area contributed by atoms with Crippen LogP contribution in [0.5, 0.6) is 5.75 Å². The molecule has 2 rings (SSSR count). The zero-order valence-corrected chi connectivity index (χ0v) is 14.3. The smallest absolute Gasteiger partial charge is 0.275 e. The molecule has 2 amide bonds. The van der Waals surface area contributed by atoms with Gasteiger partial charge in [0.25, 0.3) is 5.91 Å². The minimum absolute atomic E-state index is 0.00962. The van der Waals surface area contributed by atoms with Crippen molar-refractivity contribution < 1.29 is 14.7 Å². The van der Waals surface area contributed by atoms with Gasteiger partial charge in [0, 0.05) is 11.4 Å². The summed E-state index contributed by atoms with van der Waals surface area (Å²) in [5, 5.41) is 16.4. The van der Waals surface area contributed by atoms with E-state index in [1.54, 1.807) is 38.1 Å². The van der Waals surface area contributed by atoms with Crippen LogP contribution in [0.4, 0.5) is 5.82 Å². The quantitative estimate of drug-likeness (QED) is 0.575. The molecule has 0 aliphatic rings. The number of nitrogens with one attached hydrogen (secondary N) is 2. The Balaban J connectivity index is 1.93. The Morgan fingerprint density at radius 1 is 1.16 bits per heavy atom. The number of rotatable bonds is 5. The SMILES string of the molecule is CC(CC(=O)Nc1cccc(C)n1)=NNC(=O)c1cccc(C)c1O. The maximum Gasteiger partial charge on any atom is 0.275 e. The molecule has 0 aliphatic heterocycles. The van der Waals surface area contributed by atoms with Gasteiger partial charge in [-0.1, -0.05) is 18.2 Å². The summed E-state index contributed by atoms with van der Waals surface area (Å²) < 4.78 is 0. The first kappa shape index (κ1) is 18.1. The first-order chi connectivity index (χ1) is 11.9. The van der Waals surface area contributed by atoms with E-state index < -0.39 is 5.91 Å². The molecule has 7 nitrogen and oxygen atoms in total. The van der Waals surface area contributed by atoms with E-state index >= 15 is 0 Å². The highest BCUT2D eigenvalue weighted by Crippen LogP contribution is 2.21. The fourth-order valence-electron chi connectivity index (χ4n) is 2.12. The Labute approximate surface area is 145 Å². The molecular formula is C18H20N4O3. The number of phenolic OH excluding ortho intramolecular Hbond substituents is 1. The molecule has 2 aromatic rings. The van der Waals surface area contributed by atoms with Crippen molar-refractivity contribution in [3.8, 4) is 5.75 Å². The van der Waals surface area contributed by atoms with E-state index in [4.69, 9.17) is 0 Å². The second-order valence-electron chi connectivity index (χ2n) is 5.65. The van der Waals surface area contributed by atoms with E-state index in [2.05, 4.69) is 20.8 Å². The van der Waals surface area contributed by atoms with E-state index in [-0.39, 0.29) is 23.6 Å². The molecule has 25 heavy (non-hydrogen) atoms. The maximum absolute atomic E-state index is 12.0. The summed E-state index contributed by atoms with van der Waals surface area (Å²) >= 11 is 0. The molecule has 0 saturated carbocycles. The number of benzene rings is 1. The van der Waals surface area contributed by atoms with E-state index in [0.717, 1.165) is 5.69 Å². The van der Waals surface area contributed by atoms with Crippen LogP contribution in [-0.4, -0.2) is 27.6 Å². The van der Waals surface area contributed by atoms with Crippen molar-refractivity contribution in [1.29, 1.82) is 0 Å². The van der Waals surface area contributed by atoms with Gasteiger partial charge < -0.3 is 10.4 Å². The lowest BCUT2D eigenvalue weighted by Crippen LogP contribution is -2.22. The molecule has 1 heterocycles. The van der Waals surface area contributed by atoms with Crippen molar-refractivity contribution in [1.82, 2.24) is 10.4 Å². The molecule has 0 bridgehead atoms. The number of hydrazone groups is 1. The fraction of sp³-hybridized carbons (Fsp3) is 0.222. The highest BCUT2D eigenvalue weighted by Gasteiger charge is 2.12. The van der Waals surface area contributed by atoms with Crippen LogP contribution in [0.15, 0.2) is 41.5 Å². The van der Waals surface area contributed by atoms with Crippen LogP contribution in [0, 0.1) is 13.8 Å². The summed E-state index contributed by atoms with van der Waals surface area (Å²) in [6, 6.07) is 10.2. The molecule has 1 aromatic carbocycles. The number of nitrogens with zero attached hydrogens (tertiary/aromatic N) is 2. The summed E-state index contributed by atoms with van der Waals surface area (Å²) in [6.07, 6.45) is 0.00962. The molecule has 0 saturated heterocycles. The molecule has 130 valence electrons. The number of aromatic nitrogens is 1. The van der Waals surface area contributed by atoms with Crippen molar-refractivity contribution in [2.45, 2.75) is 27.2 Å². The number of pyridine rings is 1. The van der Waals surface area contributed by atoms with Crippen molar-refractivity contribution in [3.63, 3.8) is 0 Å². The number of aromatic hydroxyl groups is 1. The van der Waals surface area contributed by atoms with Gasteiger partial charge in [-0.15, -0.1) is 0 Å². The number of hydrogen-bond acceptors (Lipinski definition) is 5. The summed E-state index contributed by atoms with van der Waals surface area (Å²) in [6.45, 7) is 5.16. The highest BCUT2D eigenvalue weighted by molar-refractivity contribution is 6.06. The van der Waals surface area contributed by atoms with Crippen LogP contribution in [0.25, 0.3) is 0 Å². The molecule has 1 aromatic heterocycles. The number of aryl methyl sites for hydroxylation is 2. The summed E-state index contributed by atoms with van der Waals surface area (Å²) in [4.78, 5) is 28.2. The molecule has 0 atom stereocenters. The lowest BCUT2D eigenvalue weighted by Gasteiger charge is -2.07. The standard InChI is InChI=1S/C18H20N4O3/c1-11-6-4-8-14(17(11)24)18(25)22-21-13(3)10-16(23)20-15-9-5-7-12(2)19-15/h4-9,24H,10H2,1-3H3,(H,22,25)(H,19,20,23). The molecule has 3 N–H and O–H groups in total. The van der Waals surface area contributed by atoms with Gasteiger partial charge in [-0.25, -0.2) is 10.4 Å². The maximum atomic E-state index is 12.0. The van der Waals surface area contributed by atoms with Crippen molar-refractivity contribution in [2.24, 2.45) is 5.10 Å². The van der Waals surface area contributed by atoms with Gasteiger partial charge in [0.15, 0.2) is 0 Å². The van der Waals surface area contributed by atoms with Crippen molar-refractivity contribution >= 4 is 23.3 Å². The van der Waals surface area contributed by atoms with E-state index in [9.17, 15) is 14.7 Å². The third-order valence-corrected chi connectivity index (χ3v) is 3.40. The Morgan fingerprint density at radius 2 is 1.88 bits per heavy atom. The van der Waals surface area contributed by atoms with Gasteiger partial charge in [0.1, 0.15) is 11.6 Å². The minimum Gasteiger partial charge on any atom is -0.507 e. The van der Waals surface area contributed by atoms with Crippen molar-refractivity contribution in [3.05, 3.63) is 53.2 Å². The van der Waals surface area contributed by atoms with Crippen molar-refractivity contribution in [2.75, 3.05) is 5.32 Å². The normalized spacial score (nSPS) is 11.1. The van der Waals surface area contributed by atoms with Gasteiger partial charge in [0.05, 0.1) is 12.0 Å². The van der Waals surface area contributed by atoms with Gasteiger partial charge in [-0.3, -0.25) is 9.59 Å². The molecule has 0 radical (unpaired) electrons. The van der Waals surface area contributed by atoms with Crippen LogP contribution in [-0.2, 0) is 4.79 Å². The van der Waals surface area contributed by atoms with Gasteiger partial charge >= 0.3 is 0 Å². The average Bonchev–Trinajstić information content (AvgIpc) is 2.55. The molecule has 0 spiro atoms. The Hall–Kier alpha value is -3.22. The largest absolute Gasteiger partial charge is 0.507 e. The molecular weight excluding hydrogens is 320 g/mol.